The van der Waals surface area contributed by atoms with Crippen LogP contribution in [0.5, 0.6) is 0 Å². The Morgan fingerprint density at radius 1 is 1.32 bits per heavy atom. The highest BCUT2D eigenvalue weighted by atomic mass is 16.6. The third-order valence-electron chi connectivity index (χ3n) is 3.22. The highest BCUT2D eigenvalue weighted by Crippen LogP contribution is 2.09. The number of nitriles is 1. The quantitative estimate of drug-likeness (QED) is 0.886. The number of anilines is 1. The van der Waals surface area contributed by atoms with Gasteiger partial charge in [-0.2, -0.15) is 5.26 Å². The number of ether oxygens (including phenoxy) is 1. The van der Waals surface area contributed by atoms with Crippen molar-refractivity contribution < 1.29 is 14.3 Å². The molecule has 1 aromatic heterocycles. The Morgan fingerprint density at radius 2 is 2.00 bits per heavy atom. The van der Waals surface area contributed by atoms with Gasteiger partial charge < -0.3 is 19.9 Å². The minimum absolute atomic E-state index is 0.255. The summed E-state index contributed by atoms with van der Waals surface area (Å²) in [4.78, 5) is 30.8. The highest BCUT2D eigenvalue weighted by Gasteiger charge is 2.24. The van der Waals surface area contributed by atoms with Gasteiger partial charge in [-0.15, -0.1) is 0 Å². The molecule has 1 fully saturated rings. The van der Waals surface area contributed by atoms with E-state index < -0.39 is 0 Å². The van der Waals surface area contributed by atoms with Crippen LogP contribution in [-0.4, -0.2) is 59.7 Å². The van der Waals surface area contributed by atoms with E-state index in [1.165, 1.54) is 12.3 Å². The zero-order valence-electron chi connectivity index (χ0n) is 12.3. The third kappa shape index (κ3) is 3.85. The number of rotatable bonds is 2. The van der Waals surface area contributed by atoms with Gasteiger partial charge in [-0.3, -0.25) is 0 Å². The fourth-order valence-corrected chi connectivity index (χ4v) is 2.04. The molecule has 0 aliphatic carbocycles. The van der Waals surface area contributed by atoms with Crippen LogP contribution in [0.4, 0.5) is 15.3 Å². The van der Waals surface area contributed by atoms with Gasteiger partial charge in [-0.25, -0.2) is 14.6 Å². The maximum absolute atomic E-state index is 12.1. The van der Waals surface area contributed by atoms with Crippen LogP contribution >= 0.6 is 0 Å². The number of carbonyl (C=O) groups excluding carboxylic acids is 2. The molecular formula is C14H17N5O3. The summed E-state index contributed by atoms with van der Waals surface area (Å²) < 4.78 is 4.93. The number of urea groups is 1. The lowest BCUT2D eigenvalue weighted by molar-refractivity contribution is 0.0868. The number of carbonyl (C=O) groups is 2. The Balaban J connectivity index is 1.84. The van der Waals surface area contributed by atoms with E-state index in [0.717, 1.165) is 0 Å². The van der Waals surface area contributed by atoms with Gasteiger partial charge in [0.05, 0.1) is 18.5 Å². The lowest BCUT2D eigenvalue weighted by Crippen LogP contribution is -2.51. The Hall–Kier alpha value is -2.82. The van der Waals surface area contributed by atoms with E-state index in [9.17, 15) is 9.59 Å². The molecule has 2 heterocycles. The maximum Gasteiger partial charge on any atom is 0.409 e. The van der Waals surface area contributed by atoms with Crippen molar-refractivity contribution in [2.24, 2.45) is 0 Å². The summed E-state index contributed by atoms with van der Waals surface area (Å²) in [6.45, 7) is 3.86. The third-order valence-corrected chi connectivity index (χ3v) is 3.22. The van der Waals surface area contributed by atoms with Crippen LogP contribution in [0.25, 0.3) is 0 Å². The number of nitrogens with zero attached hydrogens (tertiary/aromatic N) is 4. The first-order valence-corrected chi connectivity index (χ1v) is 6.98. The number of nitrogens with one attached hydrogen (secondary N) is 1. The lowest BCUT2D eigenvalue weighted by atomic mass is 10.3. The average molecular weight is 303 g/mol. The molecule has 0 aromatic carbocycles. The molecule has 0 bridgehead atoms. The highest BCUT2D eigenvalue weighted by molar-refractivity contribution is 5.89. The van der Waals surface area contributed by atoms with Crippen molar-refractivity contribution in [3.63, 3.8) is 0 Å². The Morgan fingerprint density at radius 3 is 2.55 bits per heavy atom. The van der Waals surface area contributed by atoms with Gasteiger partial charge in [-0.05, 0) is 19.1 Å². The second kappa shape index (κ2) is 7.26. The number of hydrogen-bond donors (Lipinski definition) is 1. The van der Waals surface area contributed by atoms with Crippen LogP contribution in [0.3, 0.4) is 0 Å². The summed E-state index contributed by atoms with van der Waals surface area (Å²) in [6.07, 6.45) is 1.09. The molecule has 1 aliphatic heterocycles. The first-order chi connectivity index (χ1) is 10.6. The molecule has 1 N–H and O–H groups in total. The van der Waals surface area contributed by atoms with Crippen molar-refractivity contribution >= 4 is 17.8 Å². The predicted molar refractivity (Wildman–Crippen MR) is 78.1 cm³/mol. The van der Waals surface area contributed by atoms with Crippen LogP contribution in [-0.2, 0) is 4.74 Å². The molecule has 2 rings (SSSR count). The summed E-state index contributed by atoms with van der Waals surface area (Å²) in [5.74, 6) is 0. The molecule has 22 heavy (non-hydrogen) atoms. The lowest BCUT2D eigenvalue weighted by Gasteiger charge is -2.33. The number of aromatic nitrogens is 1. The monoisotopic (exact) mass is 303 g/mol. The SMILES string of the molecule is CCOC(=O)N1CCN(C(=O)Nc2ccc(C#N)nc2)CC1. The summed E-state index contributed by atoms with van der Waals surface area (Å²) in [5, 5.41) is 11.4. The summed E-state index contributed by atoms with van der Waals surface area (Å²) >= 11 is 0. The van der Waals surface area contributed by atoms with Gasteiger partial charge in [0.25, 0.3) is 0 Å². The van der Waals surface area contributed by atoms with Crippen molar-refractivity contribution in [1.82, 2.24) is 14.8 Å². The molecular weight excluding hydrogens is 286 g/mol. The van der Waals surface area contributed by atoms with Gasteiger partial charge in [0.2, 0.25) is 0 Å². The Labute approximate surface area is 128 Å². The molecule has 0 unspecified atom stereocenters. The van der Waals surface area contributed by atoms with E-state index in [0.29, 0.717) is 44.2 Å². The standard InChI is InChI=1S/C14H17N5O3/c1-2-22-14(21)19-7-5-18(6-8-19)13(20)17-12-4-3-11(9-15)16-10-12/h3-4,10H,2,5-8H2,1H3,(H,17,20). The second-order valence-corrected chi connectivity index (χ2v) is 4.65. The van der Waals surface area contributed by atoms with Crippen LogP contribution in [0, 0.1) is 11.3 Å². The first-order valence-electron chi connectivity index (χ1n) is 6.98. The molecule has 3 amide bonds. The molecule has 0 spiro atoms. The van der Waals surface area contributed by atoms with Crippen LogP contribution in [0.1, 0.15) is 12.6 Å². The summed E-state index contributed by atoms with van der Waals surface area (Å²) in [7, 11) is 0. The Bertz CT molecular complexity index is 573. The maximum atomic E-state index is 12.1. The van der Waals surface area contributed by atoms with Gasteiger partial charge in [0, 0.05) is 26.2 Å². The summed E-state index contributed by atoms with van der Waals surface area (Å²) in [6, 6.07) is 4.82. The zero-order chi connectivity index (χ0) is 15.9. The minimum Gasteiger partial charge on any atom is -0.450 e. The molecule has 1 aromatic rings. The normalized spacial score (nSPS) is 14.2. The average Bonchev–Trinajstić information content (AvgIpc) is 2.56. The van der Waals surface area contributed by atoms with Gasteiger partial charge in [0.1, 0.15) is 11.8 Å². The van der Waals surface area contributed by atoms with E-state index >= 15 is 0 Å². The van der Waals surface area contributed by atoms with Crippen LogP contribution < -0.4 is 5.32 Å². The molecule has 1 aliphatic rings. The molecule has 0 radical (unpaired) electrons. The molecule has 1 saturated heterocycles. The number of pyridine rings is 1. The predicted octanol–water partition coefficient (Wildman–Crippen LogP) is 1.26. The largest absolute Gasteiger partial charge is 0.450 e. The van der Waals surface area contributed by atoms with Gasteiger partial charge >= 0.3 is 12.1 Å². The van der Waals surface area contributed by atoms with E-state index in [1.807, 2.05) is 6.07 Å². The van der Waals surface area contributed by atoms with E-state index in [4.69, 9.17) is 10.00 Å². The fourth-order valence-electron chi connectivity index (χ4n) is 2.04. The minimum atomic E-state index is -0.348. The topological polar surface area (TPSA) is 98.6 Å². The van der Waals surface area contributed by atoms with Crippen molar-refractivity contribution in [1.29, 1.82) is 5.26 Å². The molecule has 0 atom stereocenters. The van der Waals surface area contributed by atoms with Gasteiger partial charge in [0.15, 0.2) is 0 Å². The molecule has 8 nitrogen and oxygen atoms in total. The Kier molecular flexibility index (Phi) is 5.14. The number of piperazine rings is 1. The molecule has 116 valence electrons. The van der Waals surface area contributed by atoms with Crippen molar-refractivity contribution in [3.05, 3.63) is 24.0 Å². The van der Waals surface area contributed by atoms with Crippen molar-refractivity contribution in [2.75, 3.05) is 38.1 Å². The first kappa shape index (κ1) is 15.6. The van der Waals surface area contributed by atoms with Crippen molar-refractivity contribution in [3.8, 4) is 6.07 Å². The zero-order valence-corrected chi connectivity index (χ0v) is 12.3. The number of amides is 3. The van der Waals surface area contributed by atoms with Crippen molar-refractivity contribution in [2.45, 2.75) is 6.92 Å². The summed E-state index contributed by atoms with van der Waals surface area (Å²) in [5.41, 5.74) is 0.817. The van der Waals surface area contributed by atoms with Crippen LogP contribution in [0.15, 0.2) is 18.3 Å². The fraction of sp³-hybridized carbons (Fsp3) is 0.429. The van der Waals surface area contributed by atoms with E-state index in [-0.39, 0.29) is 12.1 Å². The smallest absolute Gasteiger partial charge is 0.409 e. The van der Waals surface area contributed by atoms with E-state index in [2.05, 4.69) is 10.3 Å². The number of hydrogen-bond acceptors (Lipinski definition) is 5. The molecule has 8 heteroatoms. The van der Waals surface area contributed by atoms with E-state index in [1.54, 1.807) is 22.8 Å². The second-order valence-electron chi connectivity index (χ2n) is 4.65. The van der Waals surface area contributed by atoms with Crippen LogP contribution in [0.2, 0.25) is 0 Å². The molecule has 0 saturated carbocycles. The van der Waals surface area contributed by atoms with Gasteiger partial charge in [-0.1, -0.05) is 0 Å².